The van der Waals surface area contributed by atoms with E-state index in [2.05, 4.69) is 24.5 Å². The highest BCUT2D eigenvalue weighted by Crippen LogP contribution is 2.39. The quantitative estimate of drug-likeness (QED) is 0.508. The lowest BCUT2D eigenvalue weighted by Crippen LogP contribution is -2.25. The Kier molecular flexibility index (Phi) is 4.95. The molecule has 0 amide bonds. The average molecular weight is 353 g/mol. The van der Waals surface area contributed by atoms with E-state index in [9.17, 15) is 9.59 Å². The number of nitrogens with two attached hydrogens (primary N) is 1. The van der Waals surface area contributed by atoms with E-state index in [0.29, 0.717) is 47.1 Å². The summed E-state index contributed by atoms with van der Waals surface area (Å²) in [6.45, 7) is 5.00. The zero-order valence-corrected chi connectivity index (χ0v) is 14.9. The third kappa shape index (κ3) is 3.04. The zero-order chi connectivity index (χ0) is 18.8. The minimum absolute atomic E-state index is 0.0685. The first-order valence-electron chi connectivity index (χ1n) is 8.69. The molecule has 2 aromatic carbocycles. The van der Waals surface area contributed by atoms with E-state index in [0.717, 1.165) is 0 Å². The Morgan fingerprint density at radius 2 is 1.62 bits per heavy atom. The van der Waals surface area contributed by atoms with Crippen LogP contribution in [0.3, 0.4) is 0 Å². The van der Waals surface area contributed by atoms with E-state index < -0.39 is 0 Å². The van der Waals surface area contributed by atoms with Crippen molar-refractivity contribution in [3.8, 4) is 0 Å². The Morgan fingerprint density at radius 3 is 2.19 bits per heavy atom. The van der Waals surface area contributed by atoms with E-state index in [1.807, 2.05) is 0 Å². The molecule has 0 bridgehead atoms. The van der Waals surface area contributed by atoms with Crippen LogP contribution >= 0.6 is 0 Å². The second-order valence-electron chi connectivity index (χ2n) is 6.76. The fourth-order valence-corrected chi connectivity index (χ4v) is 3.11. The van der Waals surface area contributed by atoms with Gasteiger partial charge < -0.3 is 21.5 Å². The Hall–Kier alpha value is -2.86. The van der Waals surface area contributed by atoms with Crippen molar-refractivity contribution in [3.05, 3.63) is 52.6 Å². The molecule has 3 rings (SSSR count). The number of nitrogens with one attached hydrogen (secondary N) is 2. The van der Waals surface area contributed by atoms with Crippen molar-refractivity contribution in [2.24, 2.45) is 5.92 Å². The number of carbonyl (C=O) groups excluding carboxylic acids is 2. The molecule has 1 aliphatic carbocycles. The lowest BCUT2D eigenvalue weighted by Gasteiger charge is -2.25. The fourth-order valence-electron chi connectivity index (χ4n) is 3.11. The van der Waals surface area contributed by atoms with Gasteiger partial charge in [0.25, 0.3) is 0 Å². The summed E-state index contributed by atoms with van der Waals surface area (Å²) >= 11 is 0. The molecule has 0 saturated heterocycles. The molecule has 0 fully saturated rings. The number of hydrogen-bond acceptors (Lipinski definition) is 6. The third-order valence-corrected chi connectivity index (χ3v) is 4.37. The molecule has 0 radical (unpaired) electrons. The predicted octanol–water partition coefficient (Wildman–Crippen LogP) is 2.52. The lowest BCUT2D eigenvalue weighted by atomic mass is 9.82. The van der Waals surface area contributed by atoms with Crippen LogP contribution in [0.5, 0.6) is 0 Å². The van der Waals surface area contributed by atoms with Crippen LogP contribution < -0.4 is 16.4 Å². The number of aliphatic hydroxyl groups is 1. The number of hydrogen-bond donors (Lipinski definition) is 4. The molecule has 5 N–H and O–H groups in total. The van der Waals surface area contributed by atoms with E-state index in [1.165, 1.54) is 0 Å². The van der Waals surface area contributed by atoms with Crippen LogP contribution in [0, 0.1) is 5.92 Å². The summed E-state index contributed by atoms with van der Waals surface area (Å²) < 4.78 is 0. The van der Waals surface area contributed by atoms with E-state index in [1.54, 1.807) is 30.3 Å². The Bertz CT molecular complexity index is 875. The minimum atomic E-state index is -0.257. The summed E-state index contributed by atoms with van der Waals surface area (Å²) in [4.78, 5) is 26.1. The monoisotopic (exact) mass is 353 g/mol. The van der Waals surface area contributed by atoms with Gasteiger partial charge >= 0.3 is 0 Å². The molecule has 0 aliphatic heterocycles. The van der Waals surface area contributed by atoms with Gasteiger partial charge in [0.2, 0.25) is 0 Å². The zero-order valence-electron chi connectivity index (χ0n) is 14.9. The smallest absolute Gasteiger partial charge is 0.196 e. The van der Waals surface area contributed by atoms with Crippen LogP contribution in [0.4, 0.5) is 17.1 Å². The number of ketones is 2. The van der Waals surface area contributed by atoms with E-state index in [4.69, 9.17) is 10.8 Å². The molecule has 0 spiro atoms. The maximum atomic E-state index is 13.1. The van der Waals surface area contributed by atoms with Crippen molar-refractivity contribution in [1.82, 2.24) is 0 Å². The van der Waals surface area contributed by atoms with Gasteiger partial charge in [-0.1, -0.05) is 38.1 Å². The summed E-state index contributed by atoms with van der Waals surface area (Å²) in [6.07, 6.45) is 0. The number of nitrogen functional groups attached to an aromatic ring is 1. The van der Waals surface area contributed by atoms with Crippen LogP contribution in [0.1, 0.15) is 45.7 Å². The number of rotatable bonds is 6. The Labute approximate surface area is 152 Å². The van der Waals surface area contributed by atoms with Gasteiger partial charge in [0.05, 0.1) is 29.1 Å². The molecule has 6 heteroatoms. The largest absolute Gasteiger partial charge is 0.396 e. The highest BCUT2D eigenvalue weighted by molar-refractivity contribution is 6.32. The molecular weight excluding hydrogens is 330 g/mol. The molecule has 0 heterocycles. The van der Waals surface area contributed by atoms with Gasteiger partial charge in [0.15, 0.2) is 11.6 Å². The van der Waals surface area contributed by atoms with Crippen LogP contribution in [-0.2, 0) is 0 Å². The molecule has 26 heavy (non-hydrogen) atoms. The third-order valence-electron chi connectivity index (χ3n) is 4.37. The molecule has 6 nitrogen and oxygen atoms in total. The standard InChI is InChI=1S/C20H23N3O3/c1-11(2)10-23-14-9-15(22-7-8-24)18(21)17-16(14)19(25)12-5-3-4-6-13(12)20(17)26/h3-6,9,11,22-24H,7-8,10,21H2,1-2H3. The summed E-state index contributed by atoms with van der Waals surface area (Å²) in [5, 5.41) is 15.4. The summed E-state index contributed by atoms with van der Waals surface area (Å²) in [7, 11) is 0. The van der Waals surface area contributed by atoms with Crippen LogP contribution in [0.25, 0.3) is 0 Å². The van der Waals surface area contributed by atoms with Gasteiger partial charge in [-0.3, -0.25) is 9.59 Å². The molecule has 0 unspecified atom stereocenters. The number of aliphatic hydroxyl groups excluding tert-OH is 1. The van der Waals surface area contributed by atoms with Gasteiger partial charge in [0, 0.05) is 29.9 Å². The van der Waals surface area contributed by atoms with Crippen molar-refractivity contribution >= 4 is 28.6 Å². The summed E-state index contributed by atoms with van der Waals surface area (Å²) in [6, 6.07) is 8.53. The first-order chi connectivity index (χ1) is 12.5. The number of benzene rings is 2. The first kappa shape index (κ1) is 17.9. The van der Waals surface area contributed by atoms with Crippen molar-refractivity contribution < 1.29 is 14.7 Å². The number of carbonyl (C=O) groups is 2. The van der Waals surface area contributed by atoms with Crippen molar-refractivity contribution in [1.29, 1.82) is 0 Å². The number of fused-ring (bicyclic) bond motifs is 2. The molecule has 2 aromatic rings. The molecule has 1 aliphatic rings. The van der Waals surface area contributed by atoms with E-state index in [-0.39, 0.29) is 29.4 Å². The van der Waals surface area contributed by atoms with Gasteiger partial charge in [-0.15, -0.1) is 0 Å². The average Bonchev–Trinajstić information content (AvgIpc) is 2.63. The minimum Gasteiger partial charge on any atom is -0.396 e. The van der Waals surface area contributed by atoms with Crippen LogP contribution in [0.15, 0.2) is 30.3 Å². The maximum absolute atomic E-state index is 13.1. The second-order valence-corrected chi connectivity index (χ2v) is 6.76. The first-order valence-corrected chi connectivity index (χ1v) is 8.69. The number of anilines is 3. The van der Waals surface area contributed by atoms with Crippen molar-refractivity contribution in [2.75, 3.05) is 36.1 Å². The highest BCUT2D eigenvalue weighted by Gasteiger charge is 2.34. The molecule has 0 aromatic heterocycles. The van der Waals surface area contributed by atoms with E-state index >= 15 is 0 Å². The Morgan fingerprint density at radius 1 is 1.00 bits per heavy atom. The molecule has 0 atom stereocenters. The second kappa shape index (κ2) is 7.17. The van der Waals surface area contributed by atoms with Crippen LogP contribution in [0.2, 0.25) is 0 Å². The van der Waals surface area contributed by atoms with Crippen LogP contribution in [-0.4, -0.2) is 36.4 Å². The molecular formula is C20H23N3O3. The van der Waals surface area contributed by atoms with Crippen molar-refractivity contribution in [3.63, 3.8) is 0 Å². The normalized spacial score (nSPS) is 12.8. The SMILES string of the molecule is CC(C)CNc1cc(NCCO)c(N)c2c1C(=O)c1ccccc1C2=O. The summed E-state index contributed by atoms with van der Waals surface area (Å²) in [5.41, 5.74) is 8.89. The van der Waals surface area contributed by atoms with Crippen molar-refractivity contribution in [2.45, 2.75) is 13.8 Å². The van der Waals surface area contributed by atoms with Gasteiger partial charge in [-0.25, -0.2) is 0 Å². The molecule has 0 saturated carbocycles. The fraction of sp³-hybridized carbons (Fsp3) is 0.300. The Balaban J connectivity index is 2.20. The van der Waals surface area contributed by atoms with Gasteiger partial charge in [0.1, 0.15) is 0 Å². The topological polar surface area (TPSA) is 104 Å². The summed E-state index contributed by atoms with van der Waals surface area (Å²) in [5.74, 6) is -0.103. The van der Waals surface area contributed by atoms with Gasteiger partial charge in [-0.2, -0.15) is 0 Å². The van der Waals surface area contributed by atoms with Gasteiger partial charge in [-0.05, 0) is 12.0 Å². The maximum Gasteiger partial charge on any atom is 0.196 e. The lowest BCUT2D eigenvalue weighted by molar-refractivity contribution is 0.0980. The predicted molar refractivity (Wildman–Crippen MR) is 103 cm³/mol. The highest BCUT2D eigenvalue weighted by atomic mass is 16.3. The molecule has 136 valence electrons.